The number of aryl methyl sites for hydroxylation is 1. The predicted octanol–water partition coefficient (Wildman–Crippen LogP) is 7.12. The van der Waals surface area contributed by atoms with Crippen LogP contribution in [0.25, 0.3) is 5.57 Å². The van der Waals surface area contributed by atoms with E-state index in [0.717, 1.165) is 28.7 Å². The first-order chi connectivity index (χ1) is 18.0. The first-order valence-corrected chi connectivity index (χ1v) is 13.1. The summed E-state index contributed by atoms with van der Waals surface area (Å²) in [5, 5.41) is 10.5. The molecule has 0 saturated carbocycles. The highest BCUT2D eigenvalue weighted by molar-refractivity contribution is 6.03. The lowest BCUT2D eigenvalue weighted by molar-refractivity contribution is -0.146. The Labute approximate surface area is 229 Å². The van der Waals surface area contributed by atoms with Gasteiger partial charge in [0.1, 0.15) is 5.41 Å². The average molecular weight is 527 g/mol. The fourth-order valence-corrected chi connectivity index (χ4v) is 2.65. The summed E-state index contributed by atoms with van der Waals surface area (Å²) < 4.78 is 11.9. The smallest absolute Gasteiger partial charge is 0.258 e. The van der Waals surface area contributed by atoms with E-state index in [-0.39, 0.29) is 0 Å². The Kier molecular flexibility index (Phi) is 19.9. The number of hydrogen-bond acceptors (Lipinski definition) is 3. The summed E-state index contributed by atoms with van der Waals surface area (Å²) in [6.07, 6.45) is 1.83. The SMILES string of the molecule is C=C(C)c1ccc(C#Cc2ccc(CC)cc2)cc1.CC.CCC(F)CC.CNC(=O)C(C)(C)C(=O)NO. The molecule has 0 heterocycles. The molecule has 0 aliphatic heterocycles. The Hall–Kier alpha value is -3.43. The second-order valence-corrected chi connectivity index (χ2v) is 8.72. The molecule has 0 spiro atoms. The topological polar surface area (TPSA) is 78.4 Å². The maximum atomic E-state index is 11.9. The van der Waals surface area contributed by atoms with E-state index in [0.29, 0.717) is 12.8 Å². The van der Waals surface area contributed by atoms with Crippen molar-refractivity contribution < 1.29 is 19.2 Å². The van der Waals surface area contributed by atoms with E-state index in [2.05, 4.69) is 67.1 Å². The van der Waals surface area contributed by atoms with Crippen LogP contribution < -0.4 is 10.8 Å². The van der Waals surface area contributed by atoms with Crippen LogP contribution in [0.5, 0.6) is 0 Å². The highest BCUT2D eigenvalue weighted by Gasteiger charge is 2.34. The Morgan fingerprint density at radius 2 is 1.34 bits per heavy atom. The second-order valence-electron chi connectivity index (χ2n) is 8.72. The van der Waals surface area contributed by atoms with E-state index in [9.17, 15) is 14.0 Å². The summed E-state index contributed by atoms with van der Waals surface area (Å²) in [5.74, 6) is 5.21. The molecule has 0 aromatic heterocycles. The van der Waals surface area contributed by atoms with Gasteiger partial charge in [0.15, 0.2) is 0 Å². The second kappa shape index (κ2) is 20.6. The van der Waals surface area contributed by atoms with Crippen LogP contribution in [0.4, 0.5) is 4.39 Å². The van der Waals surface area contributed by atoms with E-state index < -0.39 is 23.4 Å². The maximum Gasteiger partial charge on any atom is 0.258 e. The fraction of sp³-hybridized carbons (Fsp3) is 0.438. The highest BCUT2D eigenvalue weighted by atomic mass is 19.1. The molecule has 6 heteroatoms. The molecule has 0 aliphatic carbocycles. The number of rotatable bonds is 6. The van der Waals surface area contributed by atoms with Crippen molar-refractivity contribution in [1.29, 1.82) is 0 Å². The molecule has 2 aromatic carbocycles. The van der Waals surface area contributed by atoms with Gasteiger partial charge in [-0.2, -0.15) is 0 Å². The molecule has 5 nitrogen and oxygen atoms in total. The lowest BCUT2D eigenvalue weighted by Gasteiger charge is -2.18. The summed E-state index contributed by atoms with van der Waals surface area (Å²) in [4.78, 5) is 21.8. The Morgan fingerprint density at radius 1 is 0.921 bits per heavy atom. The van der Waals surface area contributed by atoms with E-state index in [1.165, 1.54) is 31.9 Å². The zero-order valence-electron chi connectivity index (χ0n) is 24.7. The van der Waals surface area contributed by atoms with Crippen molar-refractivity contribution in [3.63, 3.8) is 0 Å². The Balaban J connectivity index is 0. The molecule has 210 valence electrons. The van der Waals surface area contributed by atoms with Gasteiger partial charge in [-0.1, -0.05) is 82.9 Å². The monoisotopic (exact) mass is 526 g/mol. The molecule has 0 unspecified atom stereocenters. The van der Waals surface area contributed by atoms with Gasteiger partial charge in [-0.3, -0.25) is 14.8 Å². The van der Waals surface area contributed by atoms with E-state index >= 15 is 0 Å². The van der Waals surface area contributed by atoms with Crippen LogP contribution in [-0.4, -0.2) is 30.2 Å². The quantitative estimate of drug-likeness (QED) is 0.162. The number of nitrogens with one attached hydrogen (secondary N) is 2. The van der Waals surface area contributed by atoms with Gasteiger partial charge in [0, 0.05) is 18.2 Å². The lowest BCUT2D eigenvalue weighted by atomic mass is 9.92. The van der Waals surface area contributed by atoms with Gasteiger partial charge in [0.2, 0.25) is 5.91 Å². The minimum absolute atomic E-state index is 0.441. The molecule has 2 aromatic rings. The largest absolute Gasteiger partial charge is 0.358 e. The minimum Gasteiger partial charge on any atom is -0.358 e. The zero-order valence-corrected chi connectivity index (χ0v) is 24.7. The number of hydroxylamine groups is 1. The molecular formula is C32H47FN2O3. The molecule has 2 rings (SSSR count). The molecule has 3 N–H and O–H groups in total. The fourth-order valence-electron chi connectivity index (χ4n) is 2.65. The van der Waals surface area contributed by atoms with Crippen molar-refractivity contribution in [2.24, 2.45) is 5.41 Å². The first-order valence-electron chi connectivity index (χ1n) is 13.1. The van der Waals surface area contributed by atoms with Gasteiger partial charge < -0.3 is 5.32 Å². The third-order valence-corrected chi connectivity index (χ3v) is 5.44. The predicted molar refractivity (Wildman–Crippen MR) is 158 cm³/mol. The van der Waals surface area contributed by atoms with Crippen LogP contribution in [0.15, 0.2) is 55.1 Å². The van der Waals surface area contributed by atoms with Crippen molar-refractivity contribution in [3.8, 4) is 11.8 Å². The Morgan fingerprint density at radius 3 is 1.63 bits per heavy atom. The first kappa shape index (κ1) is 36.7. The molecule has 0 bridgehead atoms. The summed E-state index contributed by atoms with van der Waals surface area (Å²) in [7, 11) is 1.43. The molecule has 0 radical (unpaired) electrons. The lowest BCUT2D eigenvalue weighted by Crippen LogP contribution is -2.45. The Bertz CT molecular complexity index is 995. The molecule has 0 fully saturated rings. The number of amides is 2. The van der Waals surface area contributed by atoms with Crippen molar-refractivity contribution in [2.45, 2.75) is 80.8 Å². The summed E-state index contributed by atoms with van der Waals surface area (Å²) in [5.41, 5.74) is 5.86. The standard InChI is InChI=1S/C19H18.C6H12N2O3.C5H11F.C2H6/c1-4-16-5-7-17(8-6-16)9-10-18-11-13-19(14-12-18)15(2)3;1-6(2,4(9)7-3)5(10)8-11;1-3-5(6)4-2;1-2/h5-8,11-14H,2,4H2,1,3H3;11H,1-3H3,(H,7,9)(H,8,10);5H,3-4H2,1-2H3;1-2H3. The number of halogens is 1. The number of alkyl halides is 1. The van der Waals surface area contributed by atoms with Crippen LogP contribution in [0.3, 0.4) is 0 Å². The van der Waals surface area contributed by atoms with E-state index in [1.54, 1.807) is 0 Å². The minimum atomic E-state index is -1.23. The van der Waals surface area contributed by atoms with Crippen LogP contribution >= 0.6 is 0 Å². The molecule has 0 saturated heterocycles. The average Bonchev–Trinajstić information content (AvgIpc) is 2.96. The third-order valence-electron chi connectivity index (χ3n) is 5.44. The normalized spacial score (nSPS) is 9.58. The van der Waals surface area contributed by atoms with Gasteiger partial charge in [0.05, 0.1) is 6.17 Å². The van der Waals surface area contributed by atoms with Crippen molar-refractivity contribution >= 4 is 17.4 Å². The summed E-state index contributed by atoms with van der Waals surface area (Å²) in [6.45, 7) is 18.6. The molecule has 0 aliphatic rings. The van der Waals surface area contributed by atoms with Gasteiger partial charge >= 0.3 is 0 Å². The van der Waals surface area contributed by atoms with Crippen LogP contribution in [-0.2, 0) is 16.0 Å². The number of allylic oxidation sites excluding steroid dienone is 1. The van der Waals surface area contributed by atoms with Gasteiger partial charge in [-0.05, 0) is 75.4 Å². The summed E-state index contributed by atoms with van der Waals surface area (Å²) in [6, 6.07) is 16.6. The highest BCUT2D eigenvalue weighted by Crippen LogP contribution is 2.14. The molecular weight excluding hydrogens is 479 g/mol. The van der Waals surface area contributed by atoms with E-state index in [4.69, 9.17) is 5.21 Å². The number of hydrogen-bond donors (Lipinski definition) is 3. The van der Waals surface area contributed by atoms with Crippen molar-refractivity contribution in [2.75, 3.05) is 7.05 Å². The molecule has 0 atom stereocenters. The third kappa shape index (κ3) is 14.3. The number of carbonyl (C=O) groups is 2. The van der Waals surface area contributed by atoms with Crippen molar-refractivity contribution in [3.05, 3.63) is 77.4 Å². The zero-order chi connectivity index (χ0) is 29.7. The van der Waals surface area contributed by atoms with Gasteiger partial charge in [-0.15, -0.1) is 0 Å². The van der Waals surface area contributed by atoms with Crippen molar-refractivity contribution in [1.82, 2.24) is 10.8 Å². The van der Waals surface area contributed by atoms with Crippen LogP contribution in [0, 0.1) is 17.3 Å². The number of benzene rings is 2. The van der Waals surface area contributed by atoms with Gasteiger partial charge in [0.25, 0.3) is 5.91 Å². The van der Waals surface area contributed by atoms with E-state index in [1.807, 2.05) is 46.8 Å². The summed E-state index contributed by atoms with van der Waals surface area (Å²) >= 11 is 0. The van der Waals surface area contributed by atoms with Crippen LogP contribution in [0.2, 0.25) is 0 Å². The number of carbonyl (C=O) groups excluding carboxylic acids is 2. The maximum absolute atomic E-state index is 11.9. The van der Waals surface area contributed by atoms with Crippen LogP contribution in [0.1, 0.15) is 90.5 Å². The molecule has 38 heavy (non-hydrogen) atoms. The van der Waals surface area contributed by atoms with Gasteiger partial charge in [-0.25, -0.2) is 9.87 Å². The molecule has 2 amide bonds.